The molecule has 0 saturated heterocycles. The molecule has 1 N–H and O–H groups in total. The topological polar surface area (TPSA) is 38.3 Å². The van der Waals surface area contributed by atoms with Crippen molar-refractivity contribution in [3.63, 3.8) is 0 Å². The molecule has 0 radical (unpaired) electrons. The zero-order valence-corrected chi connectivity index (χ0v) is 17.4. The Morgan fingerprint density at radius 3 is 2.43 bits per heavy atom. The smallest absolute Gasteiger partial charge is 0.408 e. The Morgan fingerprint density at radius 1 is 1.07 bits per heavy atom. The van der Waals surface area contributed by atoms with E-state index >= 15 is 0 Å². The molecule has 152 valence electrons. The summed E-state index contributed by atoms with van der Waals surface area (Å²) >= 11 is 0. The minimum absolute atomic E-state index is 0.0482. The second-order valence-electron chi connectivity index (χ2n) is 7.77. The van der Waals surface area contributed by atoms with Crippen LogP contribution in [0.15, 0.2) is 48.5 Å². The average Bonchev–Trinajstić information content (AvgIpc) is 2.67. The highest BCUT2D eigenvalue weighted by Crippen LogP contribution is 2.27. The monoisotopic (exact) mass is 385 g/mol. The Bertz CT molecular complexity index is 755. The number of unbranched alkanes of at least 4 members (excludes halogenated alkanes) is 2. The molecule has 0 aliphatic heterocycles. The van der Waals surface area contributed by atoms with E-state index in [1.165, 1.54) is 12.1 Å². The van der Waals surface area contributed by atoms with Crippen molar-refractivity contribution in [1.82, 2.24) is 5.32 Å². The van der Waals surface area contributed by atoms with E-state index in [4.69, 9.17) is 4.74 Å². The Kier molecular flexibility index (Phi) is 8.04. The predicted molar refractivity (Wildman–Crippen MR) is 113 cm³/mol. The minimum Gasteiger partial charge on any atom is -0.446 e. The molecule has 1 amide bonds. The molecule has 1 unspecified atom stereocenters. The van der Waals surface area contributed by atoms with E-state index < -0.39 is 5.54 Å². The maximum Gasteiger partial charge on any atom is 0.408 e. The van der Waals surface area contributed by atoms with Crippen LogP contribution < -0.4 is 5.32 Å². The maximum atomic E-state index is 13.2. The van der Waals surface area contributed by atoms with Gasteiger partial charge in [0.1, 0.15) is 11.9 Å². The number of carbonyl (C=O) groups excluding carboxylic acids is 1. The molecule has 0 aromatic heterocycles. The second-order valence-corrected chi connectivity index (χ2v) is 7.77. The zero-order valence-electron chi connectivity index (χ0n) is 17.4. The lowest BCUT2D eigenvalue weighted by Crippen LogP contribution is -2.42. The zero-order chi connectivity index (χ0) is 20.6. The number of carbonyl (C=O) groups is 1. The summed E-state index contributed by atoms with van der Waals surface area (Å²) in [5.74, 6) is -0.255. The predicted octanol–water partition coefficient (Wildman–Crippen LogP) is 6.81. The lowest BCUT2D eigenvalue weighted by molar-refractivity contribution is 0.0816. The number of amides is 1. The molecule has 28 heavy (non-hydrogen) atoms. The number of alkyl carbamates (subject to hydrolysis) is 1. The molecule has 0 fully saturated rings. The van der Waals surface area contributed by atoms with Crippen LogP contribution in [0.5, 0.6) is 0 Å². The summed E-state index contributed by atoms with van der Waals surface area (Å²) < 4.78 is 18.8. The number of rotatable bonds is 9. The molecular weight excluding hydrogens is 353 g/mol. The fraction of sp³-hybridized carbons (Fsp3) is 0.458. The van der Waals surface area contributed by atoms with Crippen molar-refractivity contribution in [1.29, 1.82) is 0 Å². The van der Waals surface area contributed by atoms with E-state index in [1.807, 2.05) is 45.0 Å². The second kappa shape index (κ2) is 10.3. The lowest BCUT2D eigenvalue weighted by Gasteiger charge is -2.28. The van der Waals surface area contributed by atoms with Gasteiger partial charge in [-0.2, -0.15) is 0 Å². The molecule has 2 aromatic carbocycles. The van der Waals surface area contributed by atoms with E-state index in [0.717, 1.165) is 48.8 Å². The summed E-state index contributed by atoms with van der Waals surface area (Å²) in [5.41, 5.74) is 2.29. The van der Waals surface area contributed by atoms with Gasteiger partial charge < -0.3 is 10.1 Å². The number of hydrogen-bond acceptors (Lipinski definition) is 2. The molecule has 0 aliphatic carbocycles. The van der Waals surface area contributed by atoms with Crippen LogP contribution in [0.25, 0.3) is 11.1 Å². The third-order valence-electron chi connectivity index (χ3n) is 5.04. The van der Waals surface area contributed by atoms with E-state index in [-0.39, 0.29) is 18.0 Å². The van der Waals surface area contributed by atoms with Gasteiger partial charge in [0, 0.05) is 0 Å². The van der Waals surface area contributed by atoms with Crippen LogP contribution in [0.2, 0.25) is 0 Å². The summed E-state index contributed by atoms with van der Waals surface area (Å²) in [4.78, 5) is 12.5. The Morgan fingerprint density at radius 2 is 1.79 bits per heavy atom. The maximum absolute atomic E-state index is 13.2. The van der Waals surface area contributed by atoms with Gasteiger partial charge in [0.25, 0.3) is 0 Å². The lowest BCUT2D eigenvalue weighted by atomic mass is 9.91. The van der Waals surface area contributed by atoms with Gasteiger partial charge in [-0.15, -0.1) is 0 Å². The number of hydrogen-bond donors (Lipinski definition) is 1. The molecule has 0 heterocycles. The van der Waals surface area contributed by atoms with Crippen molar-refractivity contribution >= 4 is 6.09 Å². The highest BCUT2D eigenvalue weighted by molar-refractivity contribution is 5.69. The van der Waals surface area contributed by atoms with Gasteiger partial charge in [0.15, 0.2) is 0 Å². The molecule has 3 nitrogen and oxygen atoms in total. The highest BCUT2D eigenvalue weighted by atomic mass is 19.1. The van der Waals surface area contributed by atoms with Crippen LogP contribution in [0.3, 0.4) is 0 Å². The van der Waals surface area contributed by atoms with Crippen LogP contribution in [-0.4, -0.2) is 12.2 Å². The van der Waals surface area contributed by atoms with Crippen molar-refractivity contribution in [3.05, 3.63) is 59.9 Å². The molecular formula is C24H32FNO2. The Balaban J connectivity index is 2.06. The average molecular weight is 386 g/mol. The number of nitrogens with one attached hydrogen (secondary N) is 1. The highest BCUT2D eigenvalue weighted by Gasteiger charge is 2.25. The van der Waals surface area contributed by atoms with E-state index in [0.29, 0.717) is 0 Å². The van der Waals surface area contributed by atoms with Gasteiger partial charge in [-0.25, -0.2) is 9.18 Å². The van der Waals surface area contributed by atoms with Gasteiger partial charge >= 0.3 is 6.09 Å². The largest absolute Gasteiger partial charge is 0.446 e. The first-order valence-electron chi connectivity index (χ1n) is 10.2. The standard InChI is InChI=1S/C24H32FNO2/c1-5-7-8-12-22(6-2)28-23(27)26-24(3,4)20-11-9-10-19(17-20)18-13-15-21(25)16-14-18/h9-11,13-17,22H,5-8,12H2,1-4H3,(H,26,27). The van der Waals surface area contributed by atoms with E-state index in [2.05, 4.69) is 12.2 Å². The van der Waals surface area contributed by atoms with Crippen LogP contribution >= 0.6 is 0 Å². The molecule has 2 rings (SSSR count). The van der Waals surface area contributed by atoms with Crippen molar-refractivity contribution < 1.29 is 13.9 Å². The summed E-state index contributed by atoms with van der Waals surface area (Å²) in [6.45, 7) is 8.12. The quantitative estimate of drug-likeness (QED) is 0.481. The van der Waals surface area contributed by atoms with Gasteiger partial charge in [-0.1, -0.05) is 57.0 Å². The molecule has 2 aromatic rings. The van der Waals surface area contributed by atoms with E-state index in [1.54, 1.807) is 12.1 Å². The molecule has 0 bridgehead atoms. The van der Waals surface area contributed by atoms with Crippen molar-refractivity contribution in [3.8, 4) is 11.1 Å². The van der Waals surface area contributed by atoms with Crippen LogP contribution in [0, 0.1) is 5.82 Å². The first-order chi connectivity index (χ1) is 13.4. The first kappa shape index (κ1) is 21.9. The fourth-order valence-corrected chi connectivity index (χ4v) is 3.21. The fourth-order valence-electron chi connectivity index (χ4n) is 3.21. The van der Waals surface area contributed by atoms with Crippen molar-refractivity contribution in [2.24, 2.45) is 0 Å². The third kappa shape index (κ3) is 6.36. The number of halogens is 1. The van der Waals surface area contributed by atoms with E-state index in [9.17, 15) is 9.18 Å². The minimum atomic E-state index is -0.588. The van der Waals surface area contributed by atoms with Gasteiger partial charge in [-0.3, -0.25) is 0 Å². The van der Waals surface area contributed by atoms with Gasteiger partial charge in [0.2, 0.25) is 0 Å². The van der Waals surface area contributed by atoms with Crippen molar-refractivity contribution in [2.75, 3.05) is 0 Å². The van der Waals surface area contributed by atoms with Crippen molar-refractivity contribution in [2.45, 2.75) is 71.4 Å². The molecule has 0 spiro atoms. The van der Waals surface area contributed by atoms with Crippen LogP contribution in [-0.2, 0) is 10.3 Å². The Labute approximate surface area is 168 Å². The summed E-state index contributed by atoms with van der Waals surface area (Å²) in [6.07, 6.45) is 4.67. The summed E-state index contributed by atoms with van der Waals surface area (Å²) in [6, 6.07) is 14.3. The number of benzene rings is 2. The summed E-state index contributed by atoms with van der Waals surface area (Å²) in [5, 5.41) is 2.99. The molecule has 0 aliphatic rings. The SMILES string of the molecule is CCCCCC(CC)OC(=O)NC(C)(C)c1cccc(-c2ccc(F)cc2)c1. The summed E-state index contributed by atoms with van der Waals surface area (Å²) in [7, 11) is 0. The number of ether oxygens (including phenoxy) is 1. The van der Waals surface area contributed by atoms with Gasteiger partial charge in [-0.05, 0) is 68.0 Å². The first-order valence-corrected chi connectivity index (χ1v) is 10.2. The molecule has 1 atom stereocenters. The third-order valence-corrected chi connectivity index (χ3v) is 5.04. The normalized spacial score (nSPS) is 12.5. The molecule has 0 saturated carbocycles. The van der Waals surface area contributed by atoms with Gasteiger partial charge in [0.05, 0.1) is 5.54 Å². The van der Waals surface area contributed by atoms with Crippen LogP contribution in [0.1, 0.15) is 65.4 Å². The van der Waals surface area contributed by atoms with Crippen LogP contribution in [0.4, 0.5) is 9.18 Å². The molecule has 4 heteroatoms. The Hall–Kier alpha value is -2.36.